The average Bonchev–Trinajstić information content (AvgIpc) is 3.12. The SMILES string of the molecule is O=C(O)c1cc(Cl)c(Cl)cc1NC(=O)C1CCC(N2CCNC2)NN1. The molecule has 0 bridgehead atoms. The first kappa shape index (κ1) is 18.4. The lowest BCUT2D eigenvalue weighted by atomic mass is 10.1. The number of carbonyl (C=O) groups is 2. The molecule has 2 aliphatic rings. The number of anilines is 1. The van der Waals surface area contributed by atoms with E-state index in [0.717, 1.165) is 26.2 Å². The van der Waals surface area contributed by atoms with Gasteiger partial charge >= 0.3 is 5.97 Å². The maximum atomic E-state index is 12.5. The van der Waals surface area contributed by atoms with Crippen molar-refractivity contribution in [2.75, 3.05) is 25.1 Å². The molecule has 2 aliphatic heterocycles. The molecular formula is C15H19Cl2N5O3. The number of carbonyl (C=O) groups excluding carboxylic acids is 1. The van der Waals surface area contributed by atoms with Crippen molar-refractivity contribution in [1.82, 2.24) is 21.1 Å². The molecule has 0 spiro atoms. The third-order valence-electron chi connectivity index (χ3n) is 4.35. The van der Waals surface area contributed by atoms with Crippen LogP contribution in [0.3, 0.4) is 0 Å². The summed E-state index contributed by atoms with van der Waals surface area (Å²) in [6.45, 7) is 2.74. The molecule has 0 radical (unpaired) electrons. The van der Waals surface area contributed by atoms with Gasteiger partial charge in [0.15, 0.2) is 0 Å². The Morgan fingerprint density at radius 3 is 2.56 bits per heavy atom. The molecule has 136 valence electrons. The van der Waals surface area contributed by atoms with Gasteiger partial charge in [-0.1, -0.05) is 23.2 Å². The molecule has 8 nitrogen and oxygen atoms in total. The maximum Gasteiger partial charge on any atom is 0.337 e. The summed E-state index contributed by atoms with van der Waals surface area (Å²) in [7, 11) is 0. The molecule has 0 aromatic heterocycles. The van der Waals surface area contributed by atoms with Gasteiger partial charge in [0.2, 0.25) is 5.91 Å². The number of carboxylic acids is 1. The zero-order valence-electron chi connectivity index (χ0n) is 13.3. The van der Waals surface area contributed by atoms with Crippen LogP contribution in [0.2, 0.25) is 10.0 Å². The zero-order valence-corrected chi connectivity index (χ0v) is 14.8. The number of carboxylic acid groups (broad SMARTS) is 1. The quantitative estimate of drug-likeness (QED) is 0.526. The van der Waals surface area contributed by atoms with Crippen molar-refractivity contribution in [3.63, 3.8) is 0 Å². The molecule has 1 aromatic carbocycles. The number of hydrazine groups is 1. The summed E-state index contributed by atoms with van der Waals surface area (Å²) in [5.41, 5.74) is 6.17. The molecule has 3 rings (SSSR count). The van der Waals surface area contributed by atoms with Crippen LogP contribution in [-0.4, -0.2) is 53.8 Å². The van der Waals surface area contributed by atoms with E-state index in [0.29, 0.717) is 6.42 Å². The normalized spacial score (nSPS) is 24.2. The van der Waals surface area contributed by atoms with Crippen LogP contribution in [0.15, 0.2) is 12.1 Å². The molecule has 1 aromatic rings. The number of nitrogens with zero attached hydrogens (tertiary/aromatic N) is 1. The number of nitrogens with one attached hydrogen (secondary N) is 4. The molecule has 25 heavy (non-hydrogen) atoms. The number of hydrogen-bond acceptors (Lipinski definition) is 6. The number of aromatic carboxylic acids is 1. The van der Waals surface area contributed by atoms with E-state index in [1.165, 1.54) is 12.1 Å². The second kappa shape index (κ2) is 7.86. The number of amides is 1. The zero-order chi connectivity index (χ0) is 18.0. The fourth-order valence-electron chi connectivity index (χ4n) is 2.97. The van der Waals surface area contributed by atoms with Crippen LogP contribution in [0.1, 0.15) is 23.2 Å². The predicted octanol–water partition coefficient (Wildman–Crippen LogP) is 1.08. The highest BCUT2D eigenvalue weighted by Crippen LogP contribution is 2.29. The topological polar surface area (TPSA) is 106 Å². The third kappa shape index (κ3) is 4.22. The van der Waals surface area contributed by atoms with E-state index in [1.54, 1.807) is 0 Å². The molecule has 2 saturated heterocycles. The fraction of sp³-hybridized carbons (Fsp3) is 0.467. The molecule has 2 fully saturated rings. The summed E-state index contributed by atoms with van der Waals surface area (Å²) in [5, 5.41) is 15.5. The van der Waals surface area contributed by atoms with E-state index in [9.17, 15) is 14.7 Å². The average molecular weight is 388 g/mol. The smallest absolute Gasteiger partial charge is 0.337 e. The van der Waals surface area contributed by atoms with E-state index in [4.69, 9.17) is 23.2 Å². The second-order valence-electron chi connectivity index (χ2n) is 6.01. The first-order valence-electron chi connectivity index (χ1n) is 7.94. The lowest BCUT2D eigenvalue weighted by molar-refractivity contribution is -0.119. The first-order valence-corrected chi connectivity index (χ1v) is 8.70. The van der Waals surface area contributed by atoms with Gasteiger partial charge in [0, 0.05) is 19.8 Å². The van der Waals surface area contributed by atoms with Gasteiger partial charge in [0.1, 0.15) is 6.04 Å². The Morgan fingerprint density at radius 1 is 1.20 bits per heavy atom. The van der Waals surface area contributed by atoms with E-state index in [1.807, 2.05) is 0 Å². The summed E-state index contributed by atoms with van der Waals surface area (Å²) >= 11 is 11.8. The van der Waals surface area contributed by atoms with Gasteiger partial charge in [-0.25, -0.2) is 15.6 Å². The van der Waals surface area contributed by atoms with Crippen molar-refractivity contribution < 1.29 is 14.7 Å². The molecule has 10 heteroatoms. The molecule has 2 atom stereocenters. The first-order chi connectivity index (χ1) is 12.0. The number of rotatable bonds is 4. The van der Waals surface area contributed by atoms with Crippen LogP contribution < -0.4 is 21.5 Å². The van der Waals surface area contributed by atoms with Gasteiger partial charge < -0.3 is 15.7 Å². The standard InChI is InChI=1S/C15H19Cl2N5O3/c16-9-5-8(15(24)25)12(6-10(9)17)19-14(23)11-1-2-13(21-20-11)22-4-3-18-7-22/h5-6,11,13,18,20-21H,1-4,7H2,(H,19,23)(H,24,25). The van der Waals surface area contributed by atoms with Crippen LogP contribution in [0.25, 0.3) is 0 Å². The van der Waals surface area contributed by atoms with Gasteiger partial charge in [-0.05, 0) is 25.0 Å². The van der Waals surface area contributed by atoms with Crippen LogP contribution in [0, 0.1) is 0 Å². The Balaban J connectivity index is 1.63. The Kier molecular flexibility index (Phi) is 5.78. The largest absolute Gasteiger partial charge is 0.478 e. The van der Waals surface area contributed by atoms with Crippen molar-refractivity contribution in [3.05, 3.63) is 27.7 Å². The minimum absolute atomic E-state index is 0.104. The van der Waals surface area contributed by atoms with Crippen LogP contribution in [0.4, 0.5) is 5.69 Å². The second-order valence-corrected chi connectivity index (χ2v) is 6.83. The molecule has 0 saturated carbocycles. The third-order valence-corrected chi connectivity index (χ3v) is 5.07. The highest BCUT2D eigenvalue weighted by molar-refractivity contribution is 6.42. The fourth-order valence-corrected chi connectivity index (χ4v) is 3.30. The summed E-state index contributed by atoms with van der Waals surface area (Å²) in [5.74, 6) is -1.52. The van der Waals surface area contributed by atoms with Crippen molar-refractivity contribution in [3.8, 4) is 0 Å². The van der Waals surface area contributed by atoms with E-state index in [-0.39, 0.29) is 33.4 Å². The molecule has 2 heterocycles. The van der Waals surface area contributed by atoms with Crippen LogP contribution in [-0.2, 0) is 4.79 Å². The Morgan fingerprint density at radius 2 is 1.96 bits per heavy atom. The summed E-state index contributed by atoms with van der Waals surface area (Å²) in [6.07, 6.45) is 1.60. The molecule has 5 N–H and O–H groups in total. The van der Waals surface area contributed by atoms with E-state index < -0.39 is 12.0 Å². The highest BCUT2D eigenvalue weighted by atomic mass is 35.5. The Labute approximate surface area is 154 Å². The highest BCUT2D eigenvalue weighted by Gasteiger charge is 2.30. The van der Waals surface area contributed by atoms with Crippen molar-refractivity contribution >= 4 is 40.8 Å². The monoisotopic (exact) mass is 387 g/mol. The van der Waals surface area contributed by atoms with Crippen molar-refractivity contribution in [2.24, 2.45) is 0 Å². The van der Waals surface area contributed by atoms with Gasteiger partial charge in [0.05, 0.1) is 27.5 Å². The predicted molar refractivity (Wildman–Crippen MR) is 94.7 cm³/mol. The van der Waals surface area contributed by atoms with Crippen molar-refractivity contribution in [1.29, 1.82) is 0 Å². The van der Waals surface area contributed by atoms with E-state index >= 15 is 0 Å². The summed E-state index contributed by atoms with van der Waals surface area (Å²) in [6, 6.07) is 2.10. The number of halogens is 2. The van der Waals surface area contributed by atoms with Crippen LogP contribution >= 0.6 is 23.2 Å². The minimum atomic E-state index is -1.19. The summed E-state index contributed by atoms with van der Waals surface area (Å²) in [4.78, 5) is 26.1. The van der Waals surface area contributed by atoms with Crippen molar-refractivity contribution in [2.45, 2.75) is 25.0 Å². The minimum Gasteiger partial charge on any atom is -0.478 e. The lowest BCUT2D eigenvalue weighted by Crippen LogP contribution is -2.60. The Hall–Kier alpha value is -1.42. The van der Waals surface area contributed by atoms with Gasteiger partial charge in [-0.2, -0.15) is 0 Å². The van der Waals surface area contributed by atoms with Gasteiger partial charge in [-0.3, -0.25) is 9.69 Å². The molecule has 0 aliphatic carbocycles. The van der Waals surface area contributed by atoms with E-state index in [2.05, 4.69) is 26.4 Å². The number of hydrogen-bond donors (Lipinski definition) is 5. The lowest BCUT2D eigenvalue weighted by Gasteiger charge is -2.35. The Bertz CT molecular complexity index is 673. The molecular weight excluding hydrogens is 369 g/mol. The maximum absolute atomic E-state index is 12.5. The number of benzene rings is 1. The van der Waals surface area contributed by atoms with Gasteiger partial charge in [-0.15, -0.1) is 0 Å². The molecule has 2 unspecified atom stereocenters. The van der Waals surface area contributed by atoms with Crippen LogP contribution in [0.5, 0.6) is 0 Å². The van der Waals surface area contributed by atoms with Gasteiger partial charge in [0.25, 0.3) is 0 Å². The summed E-state index contributed by atoms with van der Waals surface area (Å²) < 4.78 is 0. The molecule has 1 amide bonds.